The molecule has 0 aliphatic rings. The van der Waals surface area contributed by atoms with Crippen molar-refractivity contribution in [3.63, 3.8) is 0 Å². The summed E-state index contributed by atoms with van der Waals surface area (Å²) in [6.07, 6.45) is 4.12. The maximum atomic E-state index is 5.76. The Kier molecular flexibility index (Phi) is 3.74. The van der Waals surface area contributed by atoms with Gasteiger partial charge in [-0.05, 0) is 17.9 Å². The van der Waals surface area contributed by atoms with E-state index in [1.54, 1.807) is 11.3 Å². The highest BCUT2D eigenvalue weighted by atomic mass is 32.1. The van der Waals surface area contributed by atoms with Crippen molar-refractivity contribution >= 4 is 11.3 Å². The first-order valence-electron chi connectivity index (χ1n) is 5.62. The van der Waals surface area contributed by atoms with Crippen LogP contribution >= 0.6 is 11.3 Å². The summed E-state index contributed by atoms with van der Waals surface area (Å²) in [5.41, 5.74) is 8.05. The van der Waals surface area contributed by atoms with Crippen LogP contribution in [0.1, 0.15) is 31.5 Å². The average molecular weight is 235 g/mol. The van der Waals surface area contributed by atoms with Crippen LogP contribution in [-0.2, 0) is 0 Å². The van der Waals surface area contributed by atoms with E-state index < -0.39 is 0 Å². The molecule has 2 aromatic rings. The van der Waals surface area contributed by atoms with E-state index in [4.69, 9.17) is 5.73 Å². The average Bonchev–Trinajstić information content (AvgIpc) is 2.95. The van der Waals surface area contributed by atoms with Gasteiger partial charge in [-0.15, -0.1) is 0 Å². The van der Waals surface area contributed by atoms with Crippen LogP contribution in [0.3, 0.4) is 0 Å². The second kappa shape index (κ2) is 5.27. The number of imidazole rings is 1. The molecule has 0 aliphatic carbocycles. The number of hydrogen-bond acceptors (Lipinski definition) is 3. The van der Waals surface area contributed by atoms with Crippen LogP contribution in [0.4, 0.5) is 0 Å². The number of aromatic nitrogens is 2. The molecule has 86 valence electrons. The van der Waals surface area contributed by atoms with Crippen LogP contribution in [0.5, 0.6) is 0 Å². The van der Waals surface area contributed by atoms with Crippen molar-refractivity contribution in [2.45, 2.75) is 25.7 Å². The maximum absolute atomic E-state index is 5.76. The number of rotatable bonds is 5. The van der Waals surface area contributed by atoms with E-state index in [1.807, 2.05) is 6.20 Å². The van der Waals surface area contributed by atoms with Gasteiger partial charge >= 0.3 is 0 Å². The van der Waals surface area contributed by atoms with E-state index in [0.717, 1.165) is 24.4 Å². The molecule has 0 aliphatic heterocycles. The number of hydrogen-bond donors (Lipinski definition) is 2. The maximum Gasteiger partial charge on any atom is 0.110 e. The minimum atomic E-state index is 0.359. The molecule has 3 N–H and O–H groups in total. The lowest BCUT2D eigenvalue weighted by Crippen LogP contribution is -2.13. The van der Waals surface area contributed by atoms with Crippen LogP contribution in [0.25, 0.3) is 11.3 Å². The molecule has 0 saturated heterocycles. The van der Waals surface area contributed by atoms with Gasteiger partial charge in [0.05, 0.1) is 11.9 Å². The zero-order valence-corrected chi connectivity index (χ0v) is 10.3. The molecule has 0 spiro atoms. The fourth-order valence-corrected chi connectivity index (χ4v) is 2.48. The van der Waals surface area contributed by atoms with Crippen molar-refractivity contribution in [1.29, 1.82) is 0 Å². The van der Waals surface area contributed by atoms with Gasteiger partial charge in [-0.25, -0.2) is 4.98 Å². The summed E-state index contributed by atoms with van der Waals surface area (Å²) in [5, 5.41) is 4.19. The van der Waals surface area contributed by atoms with Crippen LogP contribution < -0.4 is 5.73 Å². The molecule has 0 radical (unpaired) electrons. The first kappa shape index (κ1) is 11.4. The van der Waals surface area contributed by atoms with E-state index in [0.29, 0.717) is 12.5 Å². The Hall–Kier alpha value is -1.13. The minimum absolute atomic E-state index is 0.359. The van der Waals surface area contributed by atoms with E-state index in [9.17, 15) is 0 Å². The van der Waals surface area contributed by atoms with Crippen molar-refractivity contribution in [2.75, 3.05) is 6.54 Å². The number of nitrogens with one attached hydrogen (secondary N) is 1. The first-order valence-corrected chi connectivity index (χ1v) is 6.57. The Morgan fingerprint density at radius 2 is 2.44 bits per heavy atom. The molecular weight excluding hydrogens is 218 g/mol. The Morgan fingerprint density at radius 1 is 1.56 bits per heavy atom. The van der Waals surface area contributed by atoms with Gasteiger partial charge in [-0.3, -0.25) is 0 Å². The predicted molar refractivity (Wildman–Crippen MR) is 68.6 cm³/mol. The quantitative estimate of drug-likeness (QED) is 0.837. The standard InChI is InChI=1S/C12H17N3S/c1-2-3-9(6-13)12-14-7-11(15-12)10-4-5-16-8-10/h4-5,7-9H,2-3,6,13H2,1H3,(H,14,15). The molecule has 1 atom stereocenters. The second-order valence-electron chi connectivity index (χ2n) is 3.92. The fourth-order valence-electron chi connectivity index (χ4n) is 1.82. The van der Waals surface area contributed by atoms with Crippen LogP contribution in [-0.4, -0.2) is 16.5 Å². The highest BCUT2D eigenvalue weighted by Gasteiger charge is 2.13. The number of nitrogens with two attached hydrogens (primary N) is 1. The third kappa shape index (κ3) is 2.33. The third-order valence-corrected chi connectivity index (χ3v) is 3.42. The molecule has 2 aromatic heterocycles. The van der Waals surface area contributed by atoms with Gasteiger partial charge in [0.2, 0.25) is 0 Å². The van der Waals surface area contributed by atoms with Gasteiger partial charge in [0.25, 0.3) is 0 Å². The SMILES string of the molecule is CCCC(CN)c1ncc(-c2ccsc2)[nH]1. The Bertz CT molecular complexity index is 419. The van der Waals surface area contributed by atoms with Gasteiger partial charge in [-0.1, -0.05) is 13.3 Å². The minimum Gasteiger partial charge on any atom is -0.342 e. The second-order valence-corrected chi connectivity index (χ2v) is 4.70. The van der Waals surface area contributed by atoms with Crippen molar-refractivity contribution < 1.29 is 0 Å². The molecule has 4 heteroatoms. The molecule has 1 unspecified atom stereocenters. The largest absolute Gasteiger partial charge is 0.342 e. The molecule has 3 nitrogen and oxygen atoms in total. The normalized spacial score (nSPS) is 12.9. The van der Waals surface area contributed by atoms with Gasteiger partial charge in [0.1, 0.15) is 5.82 Å². The van der Waals surface area contributed by atoms with E-state index in [-0.39, 0.29) is 0 Å². The number of H-pyrrole nitrogens is 1. The van der Waals surface area contributed by atoms with Gasteiger partial charge in [0.15, 0.2) is 0 Å². The van der Waals surface area contributed by atoms with E-state index in [1.165, 1.54) is 5.56 Å². The van der Waals surface area contributed by atoms with Crippen LogP contribution in [0.2, 0.25) is 0 Å². The zero-order chi connectivity index (χ0) is 11.4. The summed E-state index contributed by atoms with van der Waals surface area (Å²) >= 11 is 1.70. The van der Waals surface area contributed by atoms with Crippen molar-refractivity contribution in [3.8, 4) is 11.3 Å². The van der Waals surface area contributed by atoms with Crippen molar-refractivity contribution in [3.05, 3.63) is 28.8 Å². The third-order valence-electron chi connectivity index (χ3n) is 2.74. The predicted octanol–water partition coefficient (Wildman–Crippen LogP) is 2.98. The summed E-state index contributed by atoms with van der Waals surface area (Å²) in [5.74, 6) is 1.38. The molecular formula is C12H17N3S. The molecule has 0 aromatic carbocycles. The highest BCUT2D eigenvalue weighted by Crippen LogP contribution is 2.23. The van der Waals surface area contributed by atoms with Gasteiger partial charge in [-0.2, -0.15) is 11.3 Å². The Morgan fingerprint density at radius 3 is 3.06 bits per heavy atom. The summed E-state index contributed by atoms with van der Waals surface area (Å²) < 4.78 is 0. The van der Waals surface area contributed by atoms with Gasteiger partial charge < -0.3 is 10.7 Å². The Labute approximate surface area is 99.7 Å². The Balaban J connectivity index is 2.18. The molecule has 2 heterocycles. The fraction of sp³-hybridized carbons (Fsp3) is 0.417. The van der Waals surface area contributed by atoms with Crippen LogP contribution in [0.15, 0.2) is 23.0 Å². The monoisotopic (exact) mass is 235 g/mol. The molecule has 0 bridgehead atoms. The zero-order valence-electron chi connectivity index (χ0n) is 9.44. The molecule has 0 saturated carbocycles. The lowest BCUT2D eigenvalue weighted by molar-refractivity contribution is 0.595. The number of nitrogens with zero attached hydrogens (tertiary/aromatic N) is 1. The topological polar surface area (TPSA) is 54.7 Å². The lowest BCUT2D eigenvalue weighted by atomic mass is 10.0. The number of aromatic amines is 1. The molecule has 0 fully saturated rings. The first-order chi connectivity index (χ1) is 7.85. The van der Waals surface area contributed by atoms with E-state index >= 15 is 0 Å². The van der Waals surface area contributed by atoms with Gasteiger partial charge in [0, 0.05) is 23.4 Å². The smallest absolute Gasteiger partial charge is 0.110 e. The summed E-state index contributed by atoms with van der Waals surface area (Å²) in [6.45, 7) is 2.83. The lowest BCUT2D eigenvalue weighted by Gasteiger charge is -2.09. The summed E-state index contributed by atoms with van der Waals surface area (Å²) in [4.78, 5) is 7.80. The van der Waals surface area contributed by atoms with E-state index in [2.05, 4.69) is 33.7 Å². The molecule has 2 rings (SSSR count). The van der Waals surface area contributed by atoms with Crippen LogP contribution in [0, 0.1) is 0 Å². The molecule has 16 heavy (non-hydrogen) atoms. The molecule has 0 amide bonds. The summed E-state index contributed by atoms with van der Waals surface area (Å²) in [6, 6.07) is 2.10. The highest BCUT2D eigenvalue weighted by molar-refractivity contribution is 7.08. The number of thiophene rings is 1. The summed E-state index contributed by atoms with van der Waals surface area (Å²) in [7, 11) is 0. The van der Waals surface area contributed by atoms with Crippen molar-refractivity contribution in [1.82, 2.24) is 9.97 Å². The van der Waals surface area contributed by atoms with Crippen molar-refractivity contribution in [2.24, 2.45) is 5.73 Å².